The lowest BCUT2D eigenvalue weighted by Crippen LogP contribution is -2.25. The number of hydrogen-bond donors (Lipinski definition) is 0. The molecule has 0 N–H and O–H groups in total. The van der Waals surface area contributed by atoms with E-state index in [1.54, 1.807) is 43.5 Å². The summed E-state index contributed by atoms with van der Waals surface area (Å²) >= 11 is 0. The van der Waals surface area contributed by atoms with Crippen molar-refractivity contribution in [3.63, 3.8) is 0 Å². The normalized spacial score (nSPS) is 14.4. The highest BCUT2D eigenvalue weighted by Crippen LogP contribution is 2.28. The summed E-state index contributed by atoms with van der Waals surface area (Å²) < 4.78 is 31.8. The van der Waals surface area contributed by atoms with Gasteiger partial charge in [-0.15, -0.1) is 0 Å². The standard InChI is InChI=1S/C17H18N2O4S/c1-3-23-17(20)16-8-13-10-19(11-14(13)9-18-16)24(21,22)15-6-4-12(2)5-7-15/h4-9H,3,10-11H2,1-2H3. The molecule has 7 heteroatoms. The van der Waals surface area contributed by atoms with Crippen molar-refractivity contribution in [1.82, 2.24) is 9.29 Å². The van der Waals surface area contributed by atoms with Gasteiger partial charge >= 0.3 is 5.97 Å². The van der Waals surface area contributed by atoms with Gasteiger partial charge in [-0.05, 0) is 43.2 Å². The van der Waals surface area contributed by atoms with Crippen molar-refractivity contribution in [1.29, 1.82) is 0 Å². The van der Waals surface area contributed by atoms with Crippen LogP contribution in [0.25, 0.3) is 0 Å². The van der Waals surface area contributed by atoms with Crippen LogP contribution in [0.3, 0.4) is 0 Å². The van der Waals surface area contributed by atoms with Gasteiger partial charge in [0.05, 0.1) is 11.5 Å². The molecule has 0 spiro atoms. The highest BCUT2D eigenvalue weighted by atomic mass is 32.2. The monoisotopic (exact) mass is 346 g/mol. The van der Waals surface area contributed by atoms with Gasteiger partial charge in [0, 0.05) is 19.3 Å². The van der Waals surface area contributed by atoms with Gasteiger partial charge in [-0.1, -0.05) is 17.7 Å². The van der Waals surface area contributed by atoms with E-state index in [1.807, 2.05) is 6.92 Å². The number of aryl methyl sites for hydroxylation is 1. The summed E-state index contributed by atoms with van der Waals surface area (Å²) in [7, 11) is -3.58. The second-order valence-corrected chi connectivity index (χ2v) is 7.58. The Labute approximate surface area is 141 Å². The van der Waals surface area contributed by atoms with Crippen molar-refractivity contribution in [2.45, 2.75) is 31.8 Å². The second-order valence-electron chi connectivity index (χ2n) is 5.64. The molecule has 0 atom stereocenters. The van der Waals surface area contributed by atoms with Gasteiger partial charge in [0.15, 0.2) is 0 Å². The Morgan fingerprint density at radius 2 is 1.88 bits per heavy atom. The highest BCUT2D eigenvalue weighted by Gasteiger charge is 2.31. The molecule has 24 heavy (non-hydrogen) atoms. The number of aromatic nitrogens is 1. The van der Waals surface area contributed by atoms with E-state index in [0.29, 0.717) is 0 Å². The topological polar surface area (TPSA) is 76.6 Å². The maximum atomic E-state index is 12.7. The zero-order valence-electron chi connectivity index (χ0n) is 13.5. The third-order valence-corrected chi connectivity index (χ3v) is 5.73. The molecule has 2 aromatic rings. The van der Waals surface area contributed by atoms with Crippen molar-refractivity contribution in [2.24, 2.45) is 0 Å². The van der Waals surface area contributed by atoms with Crippen molar-refractivity contribution in [2.75, 3.05) is 6.61 Å². The number of pyridine rings is 1. The summed E-state index contributed by atoms with van der Waals surface area (Å²) in [5, 5.41) is 0. The minimum Gasteiger partial charge on any atom is -0.461 e. The Bertz CT molecular complexity index is 876. The number of fused-ring (bicyclic) bond motifs is 1. The number of ether oxygens (including phenoxy) is 1. The molecule has 2 heterocycles. The predicted octanol–water partition coefficient (Wildman–Crippen LogP) is 2.27. The van der Waals surface area contributed by atoms with Crippen LogP contribution in [0.4, 0.5) is 0 Å². The van der Waals surface area contributed by atoms with Crippen LogP contribution in [-0.4, -0.2) is 30.3 Å². The predicted molar refractivity (Wildman–Crippen MR) is 87.8 cm³/mol. The number of nitrogens with zero attached hydrogens (tertiary/aromatic N) is 2. The minimum absolute atomic E-state index is 0.199. The lowest BCUT2D eigenvalue weighted by molar-refractivity contribution is 0.0519. The zero-order valence-corrected chi connectivity index (χ0v) is 14.3. The number of esters is 1. The van der Waals surface area contributed by atoms with Crippen LogP contribution in [0.15, 0.2) is 41.4 Å². The number of hydrogen-bond acceptors (Lipinski definition) is 5. The Balaban J connectivity index is 1.85. The zero-order chi connectivity index (χ0) is 17.3. The van der Waals surface area contributed by atoms with Crippen LogP contribution in [0.2, 0.25) is 0 Å². The SMILES string of the molecule is CCOC(=O)c1cc2c(cn1)CN(S(=O)(=O)c1ccc(C)cc1)C2. The van der Waals surface area contributed by atoms with E-state index in [-0.39, 0.29) is 30.3 Å². The summed E-state index contributed by atoms with van der Waals surface area (Å²) in [5.74, 6) is -0.500. The minimum atomic E-state index is -3.58. The molecule has 0 unspecified atom stereocenters. The first kappa shape index (κ1) is 16.6. The van der Waals surface area contributed by atoms with Gasteiger partial charge in [-0.2, -0.15) is 4.31 Å². The lowest BCUT2D eigenvalue weighted by atomic mass is 10.1. The molecule has 0 fully saturated rings. The van der Waals surface area contributed by atoms with Gasteiger partial charge in [0.2, 0.25) is 10.0 Å². The molecule has 3 rings (SSSR count). The maximum absolute atomic E-state index is 12.7. The van der Waals surface area contributed by atoms with Gasteiger partial charge in [-0.25, -0.2) is 18.2 Å². The fourth-order valence-corrected chi connectivity index (χ4v) is 3.99. The van der Waals surface area contributed by atoms with Crippen LogP contribution < -0.4 is 0 Å². The third kappa shape index (κ3) is 3.05. The van der Waals surface area contributed by atoms with Crippen LogP contribution in [0, 0.1) is 6.92 Å². The van der Waals surface area contributed by atoms with E-state index in [4.69, 9.17) is 4.74 Å². The first-order valence-electron chi connectivity index (χ1n) is 7.63. The molecule has 0 amide bonds. The molecule has 1 aliphatic rings. The number of sulfonamides is 1. The van der Waals surface area contributed by atoms with Crippen molar-refractivity contribution < 1.29 is 17.9 Å². The molecule has 0 saturated carbocycles. The average molecular weight is 346 g/mol. The summed E-state index contributed by atoms with van der Waals surface area (Å²) in [6.07, 6.45) is 1.55. The number of rotatable bonds is 4. The number of carbonyl (C=O) groups is 1. The van der Waals surface area contributed by atoms with E-state index >= 15 is 0 Å². The van der Waals surface area contributed by atoms with Crippen LogP contribution in [0.5, 0.6) is 0 Å². The van der Waals surface area contributed by atoms with Crippen LogP contribution in [0.1, 0.15) is 34.1 Å². The molecule has 0 radical (unpaired) electrons. The largest absolute Gasteiger partial charge is 0.461 e. The van der Waals surface area contributed by atoms with Gasteiger partial charge in [0.25, 0.3) is 0 Å². The fraction of sp³-hybridized carbons (Fsp3) is 0.294. The molecule has 1 aliphatic heterocycles. The van der Waals surface area contributed by atoms with Crippen molar-refractivity contribution in [3.05, 3.63) is 58.9 Å². The number of benzene rings is 1. The van der Waals surface area contributed by atoms with Gasteiger partial charge < -0.3 is 4.74 Å². The second kappa shape index (κ2) is 6.33. The quantitative estimate of drug-likeness (QED) is 0.794. The summed E-state index contributed by atoms with van der Waals surface area (Å²) in [6, 6.07) is 8.37. The van der Waals surface area contributed by atoms with E-state index in [1.165, 1.54) is 4.31 Å². The molecule has 0 aliphatic carbocycles. The maximum Gasteiger partial charge on any atom is 0.356 e. The molecule has 1 aromatic heterocycles. The van der Waals surface area contributed by atoms with Crippen molar-refractivity contribution in [3.8, 4) is 0 Å². The first-order chi connectivity index (χ1) is 11.4. The Kier molecular flexibility index (Phi) is 4.38. The van der Waals surface area contributed by atoms with E-state index in [2.05, 4.69) is 4.98 Å². The number of carbonyl (C=O) groups excluding carboxylic acids is 1. The fourth-order valence-electron chi connectivity index (χ4n) is 2.60. The first-order valence-corrected chi connectivity index (χ1v) is 9.07. The molecule has 0 saturated heterocycles. The summed E-state index contributed by atoms with van der Waals surface area (Å²) in [4.78, 5) is 16.1. The Morgan fingerprint density at radius 3 is 2.54 bits per heavy atom. The molecule has 0 bridgehead atoms. The Morgan fingerprint density at radius 1 is 1.21 bits per heavy atom. The highest BCUT2D eigenvalue weighted by molar-refractivity contribution is 7.89. The Hall–Kier alpha value is -2.25. The molecule has 126 valence electrons. The van der Waals surface area contributed by atoms with E-state index < -0.39 is 16.0 Å². The molecule has 1 aromatic carbocycles. The van der Waals surface area contributed by atoms with Crippen molar-refractivity contribution >= 4 is 16.0 Å². The lowest BCUT2D eigenvalue weighted by Gasteiger charge is -2.15. The summed E-state index contributed by atoms with van der Waals surface area (Å²) in [6.45, 7) is 4.37. The smallest absolute Gasteiger partial charge is 0.356 e. The van der Waals surface area contributed by atoms with E-state index in [0.717, 1.165) is 16.7 Å². The van der Waals surface area contributed by atoms with Gasteiger partial charge in [-0.3, -0.25) is 0 Å². The molecular formula is C17H18N2O4S. The van der Waals surface area contributed by atoms with Gasteiger partial charge in [0.1, 0.15) is 5.69 Å². The van der Waals surface area contributed by atoms with Crippen LogP contribution in [-0.2, 0) is 27.8 Å². The summed E-state index contributed by atoms with van der Waals surface area (Å²) in [5.41, 5.74) is 2.79. The third-order valence-electron chi connectivity index (χ3n) is 3.92. The molecular weight excluding hydrogens is 328 g/mol. The van der Waals surface area contributed by atoms with Crippen LogP contribution >= 0.6 is 0 Å². The van der Waals surface area contributed by atoms with E-state index in [9.17, 15) is 13.2 Å². The molecule has 6 nitrogen and oxygen atoms in total. The average Bonchev–Trinajstić information content (AvgIpc) is 2.99.